The number of sulfonamides is 1. The SMILES string of the molecule is O=C(CC[C@H](O)[C@@H](O)[C@H](O)[C@H](O)CO)COCC1CCN(S(=O)(=O)c2ccc(Cl)c(COC3(c4cnccc4-c4ccccc4OC4CC4)CC3)c2)C1. The van der Waals surface area contributed by atoms with Crippen molar-refractivity contribution in [1.82, 2.24) is 9.29 Å². The van der Waals surface area contributed by atoms with Crippen molar-refractivity contribution < 1.29 is 53.0 Å². The molecule has 0 bridgehead atoms. The standard InChI is InChI=1S/C38H47ClN2O11S/c39-32-9-8-28(53(48,49)41-16-12-24(19-41)21-50-23-26(43)5-10-33(44)36(46)37(47)34(45)20-42)17-25(32)22-51-38(13-14-38)31-18-40-15-11-29(31)30-3-1-2-4-35(30)52-27-6-7-27/h1-4,8-9,11,15,17-18,24,27,33-34,36-37,42,44-47H,5-7,10,12-14,16,19-23H2/t24?,33-,34+,36+,37+/m0/s1. The highest BCUT2D eigenvalue weighted by molar-refractivity contribution is 7.89. The monoisotopic (exact) mass is 774 g/mol. The third-order valence-corrected chi connectivity index (χ3v) is 12.3. The van der Waals surface area contributed by atoms with Gasteiger partial charge in [0.2, 0.25) is 10.0 Å². The topological polar surface area (TPSA) is 196 Å². The van der Waals surface area contributed by atoms with Gasteiger partial charge in [-0.1, -0.05) is 29.8 Å². The number of ether oxygens (including phenoxy) is 3. The Morgan fingerprint density at radius 1 is 1.00 bits per heavy atom. The molecule has 1 aromatic heterocycles. The van der Waals surface area contributed by atoms with E-state index in [-0.39, 0.29) is 68.5 Å². The molecule has 1 unspecified atom stereocenters. The van der Waals surface area contributed by atoms with E-state index in [2.05, 4.69) is 4.98 Å². The molecule has 1 aliphatic heterocycles. The second-order valence-electron chi connectivity index (χ2n) is 14.2. The van der Waals surface area contributed by atoms with Gasteiger partial charge in [-0.3, -0.25) is 9.78 Å². The molecule has 0 radical (unpaired) electrons. The van der Waals surface area contributed by atoms with Crippen LogP contribution in [0, 0.1) is 5.92 Å². The Kier molecular flexibility index (Phi) is 12.9. The predicted octanol–water partition coefficient (Wildman–Crippen LogP) is 2.96. The molecule has 15 heteroatoms. The summed E-state index contributed by atoms with van der Waals surface area (Å²) in [5.74, 6) is 0.332. The summed E-state index contributed by atoms with van der Waals surface area (Å²) in [6, 6.07) is 14.6. The number of ketones is 1. The van der Waals surface area contributed by atoms with E-state index in [4.69, 9.17) is 30.9 Å². The normalized spacial score (nSPS) is 20.8. The number of aromatic nitrogens is 1. The van der Waals surface area contributed by atoms with E-state index >= 15 is 0 Å². The number of rotatable bonds is 20. The first-order valence-corrected chi connectivity index (χ1v) is 19.8. The Morgan fingerprint density at radius 2 is 1.75 bits per heavy atom. The van der Waals surface area contributed by atoms with Crippen molar-refractivity contribution in [3.63, 3.8) is 0 Å². The smallest absolute Gasteiger partial charge is 0.243 e. The van der Waals surface area contributed by atoms with Gasteiger partial charge in [-0.25, -0.2) is 8.42 Å². The summed E-state index contributed by atoms with van der Waals surface area (Å²) >= 11 is 6.58. The molecule has 53 heavy (non-hydrogen) atoms. The lowest BCUT2D eigenvalue weighted by Gasteiger charge is -2.25. The number of benzene rings is 2. The Labute approximate surface area is 314 Å². The molecule has 2 saturated carbocycles. The van der Waals surface area contributed by atoms with Crippen LogP contribution in [0.3, 0.4) is 0 Å². The summed E-state index contributed by atoms with van der Waals surface area (Å²) in [6.45, 7) is -0.321. The molecule has 0 amide bonds. The van der Waals surface area contributed by atoms with Gasteiger partial charge < -0.3 is 39.7 Å². The molecular weight excluding hydrogens is 728 g/mol. The molecule has 3 aliphatic rings. The Balaban J connectivity index is 1.02. The van der Waals surface area contributed by atoms with Gasteiger partial charge in [0.05, 0.1) is 42.5 Å². The second kappa shape index (κ2) is 17.2. The zero-order valence-corrected chi connectivity index (χ0v) is 30.9. The quantitative estimate of drug-likeness (QED) is 0.113. The van der Waals surface area contributed by atoms with Crippen molar-refractivity contribution in [2.45, 2.75) is 92.6 Å². The van der Waals surface area contributed by atoms with Gasteiger partial charge in [0, 0.05) is 48.1 Å². The van der Waals surface area contributed by atoms with Crippen LogP contribution in [0.1, 0.15) is 56.1 Å². The van der Waals surface area contributed by atoms with Crippen molar-refractivity contribution >= 4 is 27.4 Å². The molecule has 13 nitrogen and oxygen atoms in total. The fourth-order valence-corrected chi connectivity index (χ4v) is 8.30. The van der Waals surface area contributed by atoms with Gasteiger partial charge in [-0.05, 0) is 85.9 Å². The van der Waals surface area contributed by atoms with E-state index in [0.717, 1.165) is 48.1 Å². The molecular formula is C38H47ClN2O11S. The maximum absolute atomic E-state index is 13.7. The molecule has 0 spiro atoms. The van der Waals surface area contributed by atoms with Crippen molar-refractivity contribution in [3.8, 4) is 16.9 Å². The second-order valence-corrected chi connectivity index (χ2v) is 16.5. The number of pyridine rings is 1. The highest BCUT2D eigenvalue weighted by atomic mass is 35.5. The number of carbonyl (C=O) groups excluding carboxylic acids is 1. The molecule has 2 aliphatic carbocycles. The third-order valence-electron chi connectivity index (χ3n) is 10.1. The Bertz CT molecular complexity index is 1840. The van der Waals surface area contributed by atoms with Crippen LogP contribution >= 0.6 is 11.6 Å². The van der Waals surface area contributed by atoms with Crippen LogP contribution in [0.5, 0.6) is 5.75 Å². The number of hydrogen-bond acceptors (Lipinski definition) is 12. The highest BCUT2D eigenvalue weighted by Crippen LogP contribution is 2.53. The van der Waals surface area contributed by atoms with Crippen LogP contribution in [-0.2, 0) is 36.5 Å². The molecule has 2 heterocycles. The first-order valence-electron chi connectivity index (χ1n) is 18.0. The Hall–Kier alpha value is -3.02. The van der Waals surface area contributed by atoms with Gasteiger partial charge in [0.1, 0.15) is 30.7 Å². The fourth-order valence-electron chi connectivity index (χ4n) is 6.55. The van der Waals surface area contributed by atoms with E-state index < -0.39 is 46.6 Å². The fraction of sp³-hybridized carbons (Fsp3) is 0.526. The van der Waals surface area contributed by atoms with Crippen LogP contribution < -0.4 is 4.74 Å². The van der Waals surface area contributed by atoms with Crippen molar-refractivity contribution in [3.05, 3.63) is 77.1 Å². The van der Waals surface area contributed by atoms with Crippen LogP contribution in [0.4, 0.5) is 0 Å². The zero-order chi connectivity index (χ0) is 37.8. The molecule has 2 aromatic carbocycles. The van der Waals surface area contributed by atoms with Gasteiger partial charge in [-0.2, -0.15) is 4.31 Å². The van der Waals surface area contributed by atoms with Crippen molar-refractivity contribution in [2.24, 2.45) is 5.92 Å². The number of para-hydroxylation sites is 1. The number of hydrogen-bond donors (Lipinski definition) is 5. The van der Waals surface area contributed by atoms with Gasteiger partial charge >= 0.3 is 0 Å². The highest BCUT2D eigenvalue weighted by Gasteiger charge is 2.48. The zero-order valence-electron chi connectivity index (χ0n) is 29.3. The molecule has 1 saturated heterocycles. The molecule has 5 atom stereocenters. The third kappa shape index (κ3) is 9.62. The molecule has 6 rings (SSSR count). The van der Waals surface area contributed by atoms with Gasteiger partial charge in [0.15, 0.2) is 5.78 Å². The molecule has 3 aromatic rings. The van der Waals surface area contributed by atoms with E-state index in [0.29, 0.717) is 17.0 Å². The number of Topliss-reactive ketones (excluding diaryl/α,β-unsaturated/α-hetero) is 1. The van der Waals surface area contributed by atoms with E-state index in [9.17, 15) is 33.6 Å². The summed E-state index contributed by atoms with van der Waals surface area (Å²) in [6.07, 6.45) is 1.07. The number of carbonyl (C=O) groups is 1. The minimum Gasteiger partial charge on any atom is -0.490 e. The van der Waals surface area contributed by atoms with E-state index in [1.165, 1.54) is 10.4 Å². The average Bonchev–Trinajstić information content (AvgIpc) is 4.10. The largest absolute Gasteiger partial charge is 0.490 e. The minimum atomic E-state index is -3.87. The van der Waals surface area contributed by atoms with E-state index in [1.54, 1.807) is 18.3 Å². The number of aliphatic hydroxyl groups excluding tert-OH is 5. The minimum absolute atomic E-state index is 0.0996. The lowest BCUT2D eigenvalue weighted by atomic mass is 9.96. The average molecular weight is 775 g/mol. The number of aliphatic hydroxyl groups is 5. The van der Waals surface area contributed by atoms with Crippen LogP contribution in [-0.4, -0.2) is 112 Å². The maximum atomic E-state index is 13.7. The van der Waals surface area contributed by atoms with Crippen LogP contribution in [0.2, 0.25) is 5.02 Å². The summed E-state index contributed by atoms with van der Waals surface area (Å²) in [5, 5.41) is 48.4. The van der Waals surface area contributed by atoms with Crippen LogP contribution in [0.25, 0.3) is 11.1 Å². The van der Waals surface area contributed by atoms with Crippen molar-refractivity contribution in [1.29, 1.82) is 0 Å². The van der Waals surface area contributed by atoms with Gasteiger partial charge in [0.25, 0.3) is 0 Å². The van der Waals surface area contributed by atoms with Crippen molar-refractivity contribution in [2.75, 3.05) is 32.9 Å². The molecule has 5 N–H and O–H groups in total. The van der Waals surface area contributed by atoms with Crippen LogP contribution in [0.15, 0.2) is 65.8 Å². The summed E-state index contributed by atoms with van der Waals surface area (Å²) in [4.78, 5) is 16.8. The molecule has 288 valence electrons. The van der Waals surface area contributed by atoms with Gasteiger partial charge in [-0.15, -0.1) is 0 Å². The first-order chi connectivity index (χ1) is 25.4. The summed E-state index contributed by atoms with van der Waals surface area (Å²) < 4.78 is 47.2. The number of halogens is 1. The summed E-state index contributed by atoms with van der Waals surface area (Å²) in [5.41, 5.74) is 2.87. The first kappa shape index (κ1) is 39.7. The predicted molar refractivity (Wildman–Crippen MR) is 194 cm³/mol. The lowest BCUT2D eigenvalue weighted by Crippen LogP contribution is -2.45. The lowest BCUT2D eigenvalue weighted by molar-refractivity contribution is -0.128. The molecule has 3 fully saturated rings. The number of nitrogens with zero attached hydrogens (tertiary/aromatic N) is 2. The Morgan fingerprint density at radius 3 is 2.49 bits per heavy atom. The van der Waals surface area contributed by atoms with E-state index in [1.807, 2.05) is 36.5 Å². The maximum Gasteiger partial charge on any atom is 0.243 e. The summed E-state index contributed by atoms with van der Waals surface area (Å²) in [7, 11) is -3.87.